The van der Waals surface area contributed by atoms with E-state index in [1.807, 2.05) is 0 Å². The summed E-state index contributed by atoms with van der Waals surface area (Å²) in [7, 11) is 2.84. The van der Waals surface area contributed by atoms with Gasteiger partial charge in [-0.05, 0) is 53.8 Å². The summed E-state index contributed by atoms with van der Waals surface area (Å²) in [5.41, 5.74) is 0. The summed E-state index contributed by atoms with van der Waals surface area (Å²) >= 11 is 0. The van der Waals surface area contributed by atoms with Crippen molar-refractivity contribution >= 4 is 11.9 Å². The molecule has 0 amide bonds. The Morgan fingerprint density at radius 1 is 0.826 bits per heavy atom. The van der Waals surface area contributed by atoms with Gasteiger partial charge in [-0.25, -0.2) is 0 Å². The van der Waals surface area contributed by atoms with Crippen molar-refractivity contribution in [1.82, 2.24) is 0 Å². The third-order valence-corrected chi connectivity index (χ3v) is 7.76. The highest BCUT2D eigenvalue weighted by Crippen LogP contribution is 2.68. The zero-order valence-corrected chi connectivity index (χ0v) is 14.3. The first-order chi connectivity index (χ1) is 11.0. The molecule has 5 aliphatic rings. The maximum Gasteiger partial charge on any atom is 0.310 e. The Bertz CT molecular complexity index is 520. The van der Waals surface area contributed by atoms with E-state index in [1.165, 1.54) is 20.6 Å². The van der Waals surface area contributed by atoms with Crippen LogP contribution in [0.15, 0.2) is 12.2 Å². The summed E-state index contributed by atoms with van der Waals surface area (Å²) in [6.07, 6.45) is 5.66. The molecule has 5 rings (SSSR count). The SMILES string of the molecule is COC(=O)C1[C@@H]2C=C[C@@H](C3C4CC(C32)[C@H](C)C4C)[C@@H]1C(=O)OC. The zero-order valence-electron chi connectivity index (χ0n) is 14.3. The molecule has 10 atom stereocenters. The fourth-order valence-electron chi connectivity index (χ4n) is 6.78. The molecule has 0 aromatic carbocycles. The Labute approximate surface area is 137 Å². The molecule has 3 fully saturated rings. The van der Waals surface area contributed by atoms with Gasteiger partial charge in [-0.15, -0.1) is 0 Å². The van der Waals surface area contributed by atoms with Crippen LogP contribution in [0.25, 0.3) is 0 Å². The maximum absolute atomic E-state index is 12.5. The van der Waals surface area contributed by atoms with Crippen molar-refractivity contribution in [2.75, 3.05) is 14.2 Å². The number of rotatable bonds is 2. The predicted molar refractivity (Wildman–Crippen MR) is 84.0 cm³/mol. The molecule has 0 spiro atoms. The van der Waals surface area contributed by atoms with E-state index in [1.54, 1.807) is 0 Å². The van der Waals surface area contributed by atoms with Crippen molar-refractivity contribution in [3.8, 4) is 0 Å². The van der Waals surface area contributed by atoms with Crippen molar-refractivity contribution in [2.24, 2.45) is 59.2 Å². The standard InChI is InChI=1S/C19H26O4/c1-8-9(2)13-7-12(8)14-10-5-6-11(15(13)14)17(19(21)23-4)16(10)18(20)22-3/h5-6,8-17H,7H2,1-4H3/t8-,9?,10-,11+,12?,13?,14?,15?,16?,17+/m1/s1. The van der Waals surface area contributed by atoms with Gasteiger partial charge in [0, 0.05) is 0 Å². The summed E-state index contributed by atoms with van der Waals surface area (Å²) in [5, 5.41) is 0. The van der Waals surface area contributed by atoms with Gasteiger partial charge in [0.2, 0.25) is 0 Å². The summed E-state index contributed by atoms with van der Waals surface area (Å²) in [6, 6.07) is 0. The Morgan fingerprint density at radius 2 is 1.22 bits per heavy atom. The summed E-state index contributed by atoms with van der Waals surface area (Å²) < 4.78 is 10.1. The minimum atomic E-state index is -0.370. The van der Waals surface area contributed by atoms with Crippen LogP contribution in [-0.4, -0.2) is 26.2 Å². The first-order valence-electron chi connectivity index (χ1n) is 8.85. The Hall–Kier alpha value is -1.32. The highest BCUT2D eigenvalue weighted by Gasteiger charge is 2.67. The van der Waals surface area contributed by atoms with Crippen LogP contribution < -0.4 is 0 Å². The number of carbonyl (C=O) groups excluding carboxylic acids is 2. The molecule has 23 heavy (non-hydrogen) atoms. The second kappa shape index (κ2) is 5.09. The van der Waals surface area contributed by atoms with Gasteiger partial charge in [0.1, 0.15) is 0 Å². The summed E-state index contributed by atoms with van der Waals surface area (Å²) in [5.74, 6) is 2.88. The number of fused-ring (bicyclic) bond motifs is 3. The highest BCUT2D eigenvalue weighted by molar-refractivity contribution is 5.84. The number of esters is 2. The average molecular weight is 318 g/mol. The lowest BCUT2D eigenvalue weighted by atomic mass is 9.48. The third kappa shape index (κ3) is 1.78. The van der Waals surface area contributed by atoms with Gasteiger partial charge in [-0.1, -0.05) is 26.0 Å². The molecule has 0 heterocycles. The molecule has 3 saturated carbocycles. The number of hydrogen-bond donors (Lipinski definition) is 0. The van der Waals surface area contributed by atoms with E-state index in [9.17, 15) is 9.59 Å². The van der Waals surface area contributed by atoms with Crippen LogP contribution in [0.1, 0.15) is 20.3 Å². The van der Waals surface area contributed by atoms with E-state index in [-0.39, 0.29) is 35.6 Å². The summed E-state index contributed by atoms with van der Waals surface area (Å²) in [4.78, 5) is 24.9. The second-order valence-electron chi connectivity index (χ2n) is 8.07. The molecular formula is C19H26O4. The monoisotopic (exact) mass is 318 g/mol. The van der Waals surface area contributed by atoms with Crippen LogP contribution in [-0.2, 0) is 19.1 Å². The molecule has 6 unspecified atom stereocenters. The highest BCUT2D eigenvalue weighted by atomic mass is 16.5. The van der Waals surface area contributed by atoms with Gasteiger partial charge in [-0.2, -0.15) is 0 Å². The van der Waals surface area contributed by atoms with E-state index in [4.69, 9.17) is 9.47 Å². The zero-order chi connectivity index (χ0) is 16.5. The van der Waals surface area contributed by atoms with E-state index in [0.717, 1.165) is 0 Å². The molecule has 5 aliphatic carbocycles. The molecule has 0 aliphatic heterocycles. The lowest BCUT2D eigenvalue weighted by Crippen LogP contribution is -2.57. The predicted octanol–water partition coefficient (Wildman–Crippen LogP) is 2.53. The van der Waals surface area contributed by atoms with Gasteiger partial charge >= 0.3 is 11.9 Å². The van der Waals surface area contributed by atoms with Crippen molar-refractivity contribution in [3.63, 3.8) is 0 Å². The quantitative estimate of drug-likeness (QED) is 0.580. The smallest absolute Gasteiger partial charge is 0.310 e. The third-order valence-electron chi connectivity index (χ3n) is 7.76. The van der Waals surface area contributed by atoms with Crippen molar-refractivity contribution in [2.45, 2.75) is 20.3 Å². The van der Waals surface area contributed by atoms with Crippen LogP contribution in [0.5, 0.6) is 0 Å². The average Bonchev–Trinajstić information content (AvgIpc) is 3.12. The fraction of sp³-hybridized carbons (Fsp3) is 0.789. The minimum Gasteiger partial charge on any atom is -0.469 e. The van der Waals surface area contributed by atoms with Gasteiger partial charge in [0.05, 0.1) is 26.1 Å². The molecule has 126 valence electrons. The van der Waals surface area contributed by atoms with Crippen LogP contribution in [0.4, 0.5) is 0 Å². The van der Waals surface area contributed by atoms with Crippen molar-refractivity contribution in [3.05, 3.63) is 12.2 Å². The maximum atomic E-state index is 12.5. The van der Waals surface area contributed by atoms with Crippen molar-refractivity contribution in [1.29, 1.82) is 0 Å². The molecule has 0 saturated heterocycles. The molecule has 0 aromatic rings. The largest absolute Gasteiger partial charge is 0.469 e. The van der Waals surface area contributed by atoms with Crippen LogP contribution >= 0.6 is 0 Å². The van der Waals surface area contributed by atoms with E-state index >= 15 is 0 Å². The first kappa shape index (κ1) is 15.2. The van der Waals surface area contributed by atoms with Crippen LogP contribution in [0, 0.1) is 59.2 Å². The van der Waals surface area contributed by atoms with E-state index in [0.29, 0.717) is 35.5 Å². The topological polar surface area (TPSA) is 52.6 Å². The Balaban J connectivity index is 1.77. The van der Waals surface area contributed by atoms with Gasteiger partial charge in [-0.3, -0.25) is 9.59 Å². The van der Waals surface area contributed by atoms with E-state index in [2.05, 4.69) is 26.0 Å². The summed E-state index contributed by atoms with van der Waals surface area (Å²) in [6.45, 7) is 4.73. The molecule has 0 N–H and O–H groups in total. The normalized spacial score (nSPS) is 52.3. The molecule has 4 heteroatoms. The van der Waals surface area contributed by atoms with Crippen molar-refractivity contribution < 1.29 is 19.1 Å². The number of allylic oxidation sites excluding steroid dienone is 2. The molecule has 0 aromatic heterocycles. The number of hydrogen-bond acceptors (Lipinski definition) is 4. The molecule has 0 radical (unpaired) electrons. The fourth-order valence-corrected chi connectivity index (χ4v) is 6.78. The number of carbonyl (C=O) groups is 2. The van der Waals surface area contributed by atoms with Gasteiger partial charge < -0.3 is 9.47 Å². The molecular weight excluding hydrogens is 292 g/mol. The number of methoxy groups -OCH3 is 2. The van der Waals surface area contributed by atoms with Gasteiger partial charge in [0.25, 0.3) is 0 Å². The first-order valence-corrected chi connectivity index (χ1v) is 8.85. The molecule has 4 bridgehead atoms. The van der Waals surface area contributed by atoms with Crippen LogP contribution in [0.3, 0.4) is 0 Å². The Kier molecular flexibility index (Phi) is 3.37. The Morgan fingerprint density at radius 3 is 1.57 bits per heavy atom. The minimum absolute atomic E-state index is 0.131. The lowest BCUT2D eigenvalue weighted by Gasteiger charge is -2.55. The van der Waals surface area contributed by atoms with E-state index < -0.39 is 0 Å². The lowest BCUT2D eigenvalue weighted by molar-refractivity contribution is -0.172. The van der Waals surface area contributed by atoms with Crippen LogP contribution in [0.2, 0.25) is 0 Å². The van der Waals surface area contributed by atoms with Gasteiger partial charge in [0.15, 0.2) is 0 Å². The number of ether oxygens (including phenoxy) is 2. The second-order valence-corrected chi connectivity index (χ2v) is 8.07. The molecule has 4 nitrogen and oxygen atoms in total.